The summed E-state index contributed by atoms with van der Waals surface area (Å²) in [6, 6.07) is 12.4. The van der Waals surface area contributed by atoms with Crippen molar-refractivity contribution in [3.8, 4) is 11.3 Å². The van der Waals surface area contributed by atoms with E-state index in [1.54, 1.807) is 18.2 Å². The van der Waals surface area contributed by atoms with Gasteiger partial charge >= 0.3 is 5.97 Å². The predicted octanol–water partition coefficient (Wildman–Crippen LogP) is 1.82. The highest BCUT2D eigenvalue weighted by Crippen LogP contribution is 2.19. The number of aliphatic hydroxyl groups is 1. The molecular formula is C16H19ClN2O3. The average Bonchev–Trinajstić information content (AvgIpc) is 2.54. The molecule has 0 spiro atoms. The zero-order chi connectivity index (χ0) is 15.2. The van der Waals surface area contributed by atoms with Crippen LogP contribution in [0, 0.1) is 0 Å². The van der Waals surface area contributed by atoms with Gasteiger partial charge in [0.1, 0.15) is 0 Å². The number of aromatic nitrogens is 1. The summed E-state index contributed by atoms with van der Waals surface area (Å²) in [7, 11) is 1.35. The Bertz CT molecular complexity index is 634. The fourth-order valence-corrected chi connectivity index (χ4v) is 2.01. The molecule has 118 valence electrons. The number of methoxy groups -OCH3 is 1. The zero-order valence-corrected chi connectivity index (χ0v) is 13.0. The molecule has 0 aliphatic carbocycles. The van der Waals surface area contributed by atoms with Crippen LogP contribution < -0.4 is 5.73 Å². The summed E-state index contributed by atoms with van der Waals surface area (Å²) in [5.74, 6) is -0.379. The molecule has 0 amide bonds. The molecule has 2 aromatic rings. The van der Waals surface area contributed by atoms with Gasteiger partial charge < -0.3 is 15.6 Å². The topological polar surface area (TPSA) is 85.4 Å². The Labute approximate surface area is 135 Å². The van der Waals surface area contributed by atoms with E-state index in [1.807, 2.05) is 24.3 Å². The number of hydrogen-bond acceptors (Lipinski definition) is 5. The van der Waals surface area contributed by atoms with Gasteiger partial charge in [0.05, 0.1) is 25.0 Å². The zero-order valence-electron chi connectivity index (χ0n) is 12.2. The Morgan fingerprint density at radius 3 is 2.73 bits per heavy atom. The van der Waals surface area contributed by atoms with E-state index in [4.69, 9.17) is 15.6 Å². The molecule has 0 radical (unpaired) electrons. The van der Waals surface area contributed by atoms with Gasteiger partial charge in [-0.05, 0) is 24.3 Å². The van der Waals surface area contributed by atoms with Crippen molar-refractivity contribution in [3.05, 3.63) is 53.7 Å². The first-order valence-electron chi connectivity index (χ1n) is 6.65. The number of ether oxygens (including phenoxy) is 1. The minimum atomic E-state index is -0.379. The van der Waals surface area contributed by atoms with Crippen molar-refractivity contribution in [1.29, 1.82) is 0 Å². The molecule has 2 rings (SSSR count). The van der Waals surface area contributed by atoms with Gasteiger partial charge in [-0.15, -0.1) is 12.4 Å². The van der Waals surface area contributed by atoms with E-state index in [9.17, 15) is 4.79 Å². The number of hydrogen-bond donors (Lipinski definition) is 2. The number of aliphatic hydroxyl groups excluding tert-OH is 1. The van der Waals surface area contributed by atoms with Gasteiger partial charge in [-0.3, -0.25) is 4.98 Å². The summed E-state index contributed by atoms with van der Waals surface area (Å²) in [6.07, 6.45) is 0.501. The monoisotopic (exact) mass is 322 g/mol. The number of halogens is 1. The molecule has 0 saturated heterocycles. The first-order valence-corrected chi connectivity index (χ1v) is 6.65. The molecule has 1 aromatic heterocycles. The quantitative estimate of drug-likeness (QED) is 0.820. The molecular weight excluding hydrogens is 304 g/mol. The fourth-order valence-electron chi connectivity index (χ4n) is 2.01. The molecule has 1 aromatic carbocycles. The molecule has 0 bridgehead atoms. The van der Waals surface area contributed by atoms with Crippen LogP contribution in [0.2, 0.25) is 0 Å². The number of nitrogens with zero attached hydrogens (tertiary/aromatic N) is 1. The number of rotatable bonds is 5. The Kier molecular flexibility index (Phi) is 6.98. The number of esters is 1. The van der Waals surface area contributed by atoms with Crippen LogP contribution >= 0.6 is 12.4 Å². The van der Waals surface area contributed by atoms with Crippen molar-refractivity contribution in [3.63, 3.8) is 0 Å². The van der Waals surface area contributed by atoms with Crippen molar-refractivity contribution in [2.24, 2.45) is 5.73 Å². The van der Waals surface area contributed by atoms with Gasteiger partial charge in [-0.2, -0.15) is 0 Å². The normalized spacial score (nSPS) is 11.4. The highest BCUT2D eigenvalue weighted by Gasteiger charge is 2.09. The second-order valence-electron chi connectivity index (χ2n) is 4.73. The second-order valence-corrected chi connectivity index (χ2v) is 4.73. The lowest BCUT2D eigenvalue weighted by Crippen LogP contribution is -2.27. The molecule has 1 unspecified atom stereocenters. The summed E-state index contributed by atoms with van der Waals surface area (Å²) >= 11 is 0. The standard InChI is InChI=1S/C16H18N2O3.ClH/c1-21-16(20)12-5-2-4-11(8-12)15-7-3-6-14(18-15)9-13(17)10-19;/h2-8,13,19H,9-10,17H2,1H3;1H. The SMILES string of the molecule is COC(=O)c1cccc(-c2cccc(CC(N)CO)n2)c1.Cl. The minimum Gasteiger partial charge on any atom is -0.465 e. The molecule has 0 aliphatic rings. The van der Waals surface area contributed by atoms with Crippen molar-refractivity contribution < 1.29 is 14.6 Å². The fraction of sp³-hybridized carbons (Fsp3) is 0.250. The van der Waals surface area contributed by atoms with Crippen LogP contribution in [0.5, 0.6) is 0 Å². The van der Waals surface area contributed by atoms with Crippen molar-refractivity contribution in [2.75, 3.05) is 13.7 Å². The summed E-state index contributed by atoms with van der Waals surface area (Å²) < 4.78 is 4.71. The largest absolute Gasteiger partial charge is 0.465 e. The molecule has 1 heterocycles. The minimum absolute atomic E-state index is 0. The third-order valence-corrected chi connectivity index (χ3v) is 3.09. The van der Waals surface area contributed by atoms with Crippen molar-refractivity contribution in [1.82, 2.24) is 4.98 Å². The van der Waals surface area contributed by atoms with Gasteiger partial charge in [0.2, 0.25) is 0 Å². The molecule has 1 atom stereocenters. The first-order chi connectivity index (χ1) is 10.1. The van der Waals surface area contributed by atoms with E-state index in [-0.39, 0.29) is 31.0 Å². The van der Waals surface area contributed by atoms with E-state index in [0.717, 1.165) is 17.0 Å². The molecule has 5 nitrogen and oxygen atoms in total. The number of carbonyl (C=O) groups is 1. The third-order valence-electron chi connectivity index (χ3n) is 3.09. The Morgan fingerprint density at radius 2 is 2.05 bits per heavy atom. The number of carbonyl (C=O) groups excluding carboxylic acids is 1. The predicted molar refractivity (Wildman–Crippen MR) is 87.0 cm³/mol. The lowest BCUT2D eigenvalue weighted by Gasteiger charge is -2.09. The van der Waals surface area contributed by atoms with E-state index in [2.05, 4.69) is 4.98 Å². The van der Waals surface area contributed by atoms with Crippen molar-refractivity contribution >= 4 is 18.4 Å². The summed E-state index contributed by atoms with van der Waals surface area (Å²) in [4.78, 5) is 16.1. The van der Waals surface area contributed by atoms with Gasteiger partial charge in [0, 0.05) is 23.7 Å². The van der Waals surface area contributed by atoms with Crippen LogP contribution in [0.4, 0.5) is 0 Å². The molecule has 22 heavy (non-hydrogen) atoms. The molecule has 0 aliphatic heterocycles. The van der Waals surface area contributed by atoms with Crippen LogP contribution in [0.1, 0.15) is 16.1 Å². The van der Waals surface area contributed by atoms with Crippen LogP contribution in [0.25, 0.3) is 11.3 Å². The van der Waals surface area contributed by atoms with Gasteiger partial charge in [0.15, 0.2) is 0 Å². The lowest BCUT2D eigenvalue weighted by atomic mass is 10.1. The van der Waals surface area contributed by atoms with E-state index >= 15 is 0 Å². The van der Waals surface area contributed by atoms with Crippen LogP contribution in [0.3, 0.4) is 0 Å². The number of benzene rings is 1. The third kappa shape index (κ3) is 4.53. The number of pyridine rings is 1. The van der Waals surface area contributed by atoms with Gasteiger partial charge in [0.25, 0.3) is 0 Å². The van der Waals surface area contributed by atoms with Crippen LogP contribution in [-0.2, 0) is 11.2 Å². The van der Waals surface area contributed by atoms with E-state index in [1.165, 1.54) is 7.11 Å². The maximum atomic E-state index is 11.6. The van der Waals surface area contributed by atoms with Gasteiger partial charge in [-0.1, -0.05) is 18.2 Å². The summed E-state index contributed by atoms with van der Waals surface area (Å²) in [6.45, 7) is -0.0796. The van der Waals surface area contributed by atoms with Crippen molar-refractivity contribution in [2.45, 2.75) is 12.5 Å². The van der Waals surface area contributed by atoms with E-state index in [0.29, 0.717) is 12.0 Å². The first kappa shape index (κ1) is 18.1. The second kappa shape index (κ2) is 8.48. The summed E-state index contributed by atoms with van der Waals surface area (Å²) in [5.41, 5.74) is 8.59. The lowest BCUT2D eigenvalue weighted by molar-refractivity contribution is 0.0601. The maximum Gasteiger partial charge on any atom is 0.337 e. The summed E-state index contributed by atoms with van der Waals surface area (Å²) in [5, 5.41) is 9.00. The van der Waals surface area contributed by atoms with Gasteiger partial charge in [-0.25, -0.2) is 4.79 Å². The molecule has 6 heteroatoms. The Hall–Kier alpha value is -1.95. The molecule has 0 saturated carbocycles. The Balaban J connectivity index is 0.00000242. The van der Waals surface area contributed by atoms with E-state index < -0.39 is 0 Å². The average molecular weight is 323 g/mol. The number of nitrogens with two attached hydrogens (primary N) is 1. The van der Waals surface area contributed by atoms with Crippen LogP contribution in [-0.4, -0.2) is 35.8 Å². The Morgan fingerprint density at radius 1 is 1.32 bits per heavy atom. The molecule has 0 fully saturated rings. The highest BCUT2D eigenvalue weighted by molar-refractivity contribution is 5.90. The highest BCUT2D eigenvalue weighted by atomic mass is 35.5. The van der Waals surface area contributed by atoms with Crippen LogP contribution in [0.15, 0.2) is 42.5 Å². The molecule has 3 N–H and O–H groups in total. The smallest absolute Gasteiger partial charge is 0.337 e. The maximum absolute atomic E-state index is 11.6.